The van der Waals surface area contributed by atoms with Crippen molar-refractivity contribution in [3.05, 3.63) is 23.4 Å². The molecule has 18 heavy (non-hydrogen) atoms. The first-order valence-corrected chi connectivity index (χ1v) is 5.94. The molecule has 0 amide bonds. The van der Waals surface area contributed by atoms with E-state index in [1.54, 1.807) is 12.1 Å². The fourth-order valence-electron chi connectivity index (χ4n) is 1.75. The number of hydrogen-bond donors (Lipinski definition) is 3. The van der Waals surface area contributed by atoms with Gasteiger partial charge in [0.15, 0.2) is 5.84 Å². The zero-order valence-electron chi connectivity index (χ0n) is 10.8. The molecule has 0 radical (unpaired) electrons. The molecule has 1 aromatic heterocycles. The quantitative estimate of drug-likeness (QED) is 0.300. The molecule has 0 aliphatic rings. The molecule has 0 saturated carbocycles. The second-order valence-corrected chi connectivity index (χ2v) is 4.05. The molecule has 1 aromatic rings. The van der Waals surface area contributed by atoms with Crippen molar-refractivity contribution in [1.82, 2.24) is 4.98 Å². The van der Waals surface area contributed by atoms with Gasteiger partial charge >= 0.3 is 0 Å². The van der Waals surface area contributed by atoms with E-state index in [0.717, 1.165) is 24.5 Å². The first-order chi connectivity index (χ1) is 8.62. The monoisotopic (exact) mass is 252 g/mol. The lowest BCUT2D eigenvalue weighted by molar-refractivity contribution is 0.301. The molecule has 1 rings (SSSR count). The van der Waals surface area contributed by atoms with Crippen molar-refractivity contribution in [1.29, 1.82) is 0 Å². The maximum absolute atomic E-state index is 9.06. The number of nitrogens with two attached hydrogens (primary N) is 1. The lowest BCUT2D eigenvalue weighted by Crippen LogP contribution is -2.29. The number of hydrogen-bond acceptors (Lipinski definition) is 5. The van der Waals surface area contributed by atoms with Crippen LogP contribution in [-0.2, 0) is 0 Å². The minimum Gasteiger partial charge on any atom is -0.409 e. The topological polar surface area (TPSA) is 95.0 Å². The predicted octanol–water partition coefficient (Wildman–Crippen LogP) is 0.693. The van der Waals surface area contributed by atoms with Crippen molar-refractivity contribution in [2.45, 2.75) is 20.3 Å². The summed E-state index contributed by atoms with van der Waals surface area (Å²) in [5, 5.41) is 20.8. The highest BCUT2D eigenvalue weighted by Gasteiger charge is 2.10. The van der Waals surface area contributed by atoms with Crippen molar-refractivity contribution in [3.8, 4) is 0 Å². The standard InChI is InChI=1S/C12H20N4O2/c1-3-4-16(5-6-17)11-8-10(12(13)15-18)7-9(2)14-11/h7-8,17-18H,3-6H2,1-2H3,(H2,13,15). The summed E-state index contributed by atoms with van der Waals surface area (Å²) < 4.78 is 0. The minimum atomic E-state index is 0.0576. The lowest BCUT2D eigenvalue weighted by Gasteiger charge is -2.23. The Morgan fingerprint density at radius 3 is 2.72 bits per heavy atom. The molecular formula is C12H20N4O2. The summed E-state index contributed by atoms with van der Waals surface area (Å²) in [5.74, 6) is 0.787. The zero-order valence-corrected chi connectivity index (χ0v) is 10.8. The van der Waals surface area contributed by atoms with Gasteiger partial charge in [0, 0.05) is 24.3 Å². The Balaban J connectivity index is 3.10. The van der Waals surface area contributed by atoms with Crippen LogP contribution in [-0.4, -0.2) is 40.8 Å². The van der Waals surface area contributed by atoms with Crippen molar-refractivity contribution in [2.24, 2.45) is 10.9 Å². The van der Waals surface area contributed by atoms with Crippen LogP contribution in [0, 0.1) is 6.92 Å². The number of aliphatic hydroxyl groups is 1. The van der Waals surface area contributed by atoms with E-state index < -0.39 is 0 Å². The van der Waals surface area contributed by atoms with Gasteiger partial charge < -0.3 is 20.9 Å². The highest BCUT2D eigenvalue weighted by Crippen LogP contribution is 2.15. The zero-order chi connectivity index (χ0) is 13.5. The third kappa shape index (κ3) is 3.59. The van der Waals surface area contributed by atoms with Gasteiger partial charge in [0.2, 0.25) is 0 Å². The van der Waals surface area contributed by atoms with Crippen LogP contribution in [0.1, 0.15) is 24.6 Å². The number of anilines is 1. The van der Waals surface area contributed by atoms with E-state index in [-0.39, 0.29) is 12.4 Å². The SMILES string of the molecule is CCCN(CCO)c1cc(/C(N)=N/O)cc(C)n1. The highest BCUT2D eigenvalue weighted by molar-refractivity contribution is 5.97. The van der Waals surface area contributed by atoms with E-state index in [4.69, 9.17) is 16.0 Å². The van der Waals surface area contributed by atoms with Gasteiger partial charge in [-0.05, 0) is 25.5 Å². The molecule has 100 valence electrons. The maximum Gasteiger partial charge on any atom is 0.170 e. The number of pyridine rings is 1. The predicted molar refractivity (Wildman–Crippen MR) is 71.1 cm³/mol. The summed E-state index contributed by atoms with van der Waals surface area (Å²) in [4.78, 5) is 6.38. The van der Waals surface area contributed by atoms with Gasteiger partial charge in [0.1, 0.15) is 5.82 Å². The van der Waals surface area contributed by atoms with Crippen molar-refractivity contribution in [2.75, 3.05) is 24.6 Å². The van der Waals surface area contributed by atoms with Crippen LogP contribution < -0.4 is 10.6 Å². The summed E-state index contributed by atoms with van der Waals surface area (Å²) >= 11 is 0. The van der Waals surface area contributed by atoms with Crippen molar-refractivity contribution in [3.63, 3.8) is 0 Å². The van der Waals surface area contributed by atoms with Gasteiger partial charge in [-0.3, -0.25) is 0 Å². The average molecular weight is 252 g/mol. The second-order valence-electron chi connectivity index (χ2n) is 4.05. The molecule has 0 aliphatic carbocycles. The second kappa shape index (κ2) is 6.80. The largest absolute Gasteiger partial charge is 0.409 e. The van der Waals surface area contributed by atoms with Gasteiger partial charge in [-0.1, -0.05) is 12.1 Å². The van der Waals surface area contributed by atoms with E-state index in [9.17, 15) is 0 Å². The Hall–Kier alpha value is -1.82. The molecule has 0 aromatic carbocycles. The van der Waals surface area contributed by atoms with Crippen LogP contribution in [0.5, 0.6) is 0 Å². The smallest absolute Gasteiger partial charge is 0.170 e. The fourth-order valence-corrected chi connectivity index (χ4v) is 1.75. The van der Waals surface area contributed by atoms with Gasteiger partial charge in [-0.2, -0.15) is 0 Å². The van der Waals surface area contributed by atoms with Crippen molar-refractivity contribution >= 4 is 11.7 Å². The first kappa shape index (κ1) is 14.2. The van der Waals surface area contributed by atoms with E-state index in [1.807, 2.05) is 11.8 Å². The molecule has 0 saturated heterocycles. The molecule has 4 N–H and O–H groups in total. The van der Waals surface area contributed by atoms with E-state index >= 15 is 0 Å². The summed E-state index contributed by atoms with van der Waals surface area (Å²) in [6.45, 7) is 5.28. The normalized spacial score (nSPS) is 11.6. The van der Waals surface area contributed by atoms with Crippen LogP contribution in [0.25, 0.3) is 0 Å². The van der Waals surface area contributed by atoms with Crippen LogP contribution in [0.4, 0.5) is 5.82 Å². The number of nitrogens with zero attached hydrogens (tertiary/aromatic N) is 3. The summed E-state index contributed by atoms with van der Waals surface area (Å²) in [6.07, 6.45) is 0.953. The third-order valence-corrected chi connectivity index (χ3v) is 2.53. The third-order valence-electron chi connectivity index (χ3n) is 2.53. The van der Waals surface area contributed by atoms with Gasteiger partial charge in [-0.25, -0.2) is 4.98 Å². The molecule has 6 heteroatoms. The molecule has 0 aliphatic heterocycles. The number of amidine groups is 1. The highest BCUT2D eigenvalue weighted by atomic mass is 16.4. The van der Waals surface area contributed by atoms with E-state index in [2.05, 4.69) is 17.1 Å². The Bertz CT molecular complexity index is 415. The fraction of sp³-hybridized carbons (Fsp3) is 0.500. The van der Waals surface area contributed by atoms with Crippen LogP contribution >= 0.6 is 0 Å². The maximum atomic E-state index is 9.06. The average Bonchev–Trinajstić information content (AvgIpc) is 2.36. The Morgan fingerprint density at radius 1 is 1.44 bits per heavy atom. The molecule has 0 fully saturated rings. The number of aliphatic hydroxyl groups excluding tert-OH is 1. The number of aromatic nitrogens is 1. The van der Waals surface area contributed by atoms with Crippen LogP contribution in [0.3, 0.4) is 0 Å². The molecule has 1 heterocycles. The van der Waals surface area contributed by atoms with Crippen molar-refractivity contribution < 1.29 is 10.3 Å². The summed E-state index contributed by atoms with van der Waals surface area (Å²) in [7, 11) is 0. The molecular weight excluding hydrogens is 232 g/mol. The number of aryl methyl sites for hydroxylation is 1. The van der Waals surface area contributed by atoms with E-state index in [0.29, 0.717) is 12.1 Å². The van der Waals surface area contributed by atoms with E-state index in [1.165, 1.54) is 0 Å². The minimum absolute atomic E-state index is 0.0576. The van der Waals surface area contributed by atoms with Crippen LogP contribution in [0.15, 0.2) is 17.3 Å². The lowest BCUT2D eigenvalue weighted by atomic mass is 10.2. The van der Waals surface area contributed by atoms with Gasteiger partial charge in [-0.15, -0.1) is 0 Å². The molecule has 0 spiro atoms. The first-order valence-electron chi connectivity index (χ1n) is 5.94. The molecule has 0 bridgehead atoms. The summed E-state index contributed by atoms with van der Waals surface area (Å²) in [6, 6.07) is 3.51. The van der Waals surface area contributed by atoms with Crippen LogP contribution in [0.2, 0.25) is 0 Å². The van der Waals surface area contributed by atoms with Gasteiger partial charge in [0.05, 0.1) is 6.61 Å². The van der Waals surface area contributed by atoms with Gasteiger partial charge in [0.25, 0.3) is 0 Å². The number of rotatable bonds is 6. The Kier molecular flexibility index (Phi) is 5.38. The number of oxime groups is 1. The molecule has 0 unspecified atom stereocenters. The molecule has 6 nitrogen and oxygen atoms in total. The Labute approximate surface area is 107 Å². The summed E-state index contributed by atoms with van der Waals surface area (Å²) in [5.41, 5.74) is 6.99. The Morgan fingerprint density at radius 2 is 2.17 bits per heavy atom. The molecule has 0 atom stereocenters.